The largest absolute Gasteiger partial charge is 0.480 e. The first kappa shape index (κ1) is 22.4. The third kappa shape index (κ3) is 4.39. The van der Waals surface area contributed by atoms with E-state index in [0.717, 1.165) is 16.6 Å². The Hall–Kier alpha value is -2.32. The van der Waals surface area contributed by atoms with Crippen LogP contribution in [0.15, 0.2) is 52.1 Å². The van der Waals surface area contributed by atoms with Crippen LogP contribution < -0.4 is 0 Å². The summed E-state index contributed by atoms with van der Waals surface area (Å²) in [5.41, 5.74) is 2.35. The van der Waals surface area contributed by atoms with E-state index in [2.05, 4.69) is 15.9 Å². The molecule has 3 rings (SSSR count). The first-order valence-corrected chi connectivity index (χ1v) is 11.1. The predicted octanol–water partition coefficient (Wildman–Crippen LogP) is 5.55. The smallest absolute Gasteiger partial charge is 0.339 e. The third-order valence-electron chi connectivity index (χ3n) is 4.72. The number of esters is 1. The van der Waals surface area contributed by atoms with Gasteiger partial charge in [-0.1, -0.05) is 56.8 Å². The van der Waals surface area contributed by atoms with Crippen LogP contribution >= 0.6 is 27.7 Å². The number of nitrogens with zero attached hydrogens (tertiary/aromatic N) is 2. The number of aliphatic carboxylic acids is 1. The fourth-order valence-electron chi connectivity index (χ4n) is 3.34. The Kier molecular flexibility index (Phi) is 6.57. The van der Waals surface area contributed by atoms with Crippen molar-refractivity contribution in [1.82, 2.24) is 9.55 Å². The van der Waals surface area contributed by atoms with Gasteiger partial charge in [0, 0.05) is 10.2 Å². The van der Waals surface area contributed by atoms with Crippen molar-refractivity contribution in [2.75, 3.05) is 7.11 Å². The molecule has 0 aliphatic carbocycles. The maximum Gasteiger partial charge on any atom is 0.339 e. The van der Waals surface area contributed by atoms with Crippen molar-refractivity contribution < 1.29 is 19.4 Å². The number of carboxylic acid groups (broad SMARTS) is 1. The van der Waals surface area contributed by atoms with Gasteiger partial charge in [-0.3, -0.25) is 0 Å². The number of benzene rings is 2. The van der Waals surface area contributed by atoms with E-state index in [1.165, 1.54) is 18.9 Å². The topological polar surface area (TPSA) is 81.4 Å². The Morgan fingerprint density at radius 2 is 1.90 bits per heavy atom. The fraction of sp³-hybridized carbons (Fsp3) is 0.318. The van der Waals surface area contributed by atoms with E-state index in [0.29, 0.717) is 20.9 Å². The van der Waals surface area contributed by atoms with Crippen LogP contribution in [0.4, 0.5) is 0 Å². The summed E-state index contributed by atoms with van der Waals surface area (Å²) in [5.74, 6) is -0.813. The summed E-state index contributed by atoms with van der Waals surface area (Å²) >= 11 is 4.93. The molecular formula is C22H23BrN2O4S. The number of thioether (sulfide) groups is 1. The van der Waals surface area contributed by atoms with Crippen LogP contribution in [-0.4, -0.2) is 33.7 Å². The Morgan fingerprint density at radius 3 is 2.53 bits per heavy atom. The average molecular weight is 491 g/mol. The summed E-state index contributed by atoms with van der Waals surface area (Å²) < 4.78 is 7.30. The van der Waals surface area contributed by atoms with Crippen molar-refractivity contribution in [3.8, 4) is 0 Å². The highest BCUT2D eigenvalue weighted by atomic mass is 79.9. The number of imidazole rings is 1. The molecule has 0 aliphatic heterocycles. The van der Waals surface area contributed by atoms with E-state index in [-0.39, 0.29) is 0 Å². The van der Waals surface area contributed by atoms with E-state index in [4.69, 9.17) is 9.72 Å². The van der Waals surface area contributed by atoms with Crippen LogP contribution in [0.5, 0.6) is 0 Å². The van der Waals surface area contributed by atoms with Gasteiger partial charge in [-0.2, -0.15) is 0 Å². The number of carbonyl (C=O) groups excluding carboxylic acids is 1. The van der Waals surface area contributed by atoms with Gasteiger partial charge in [0.05, 0.1) is 23.7 Å². The molecule has 0 fully saturated rings. The number of fused-ring (bicyclic) bond motifs is 1. The van der Waals surface area contributed by atoms with Gasteiger partial charge in [-0.15, -0.1) is 0 Å². The van der Waals surface area contributed by atoms with Crippen molar-refractivity contribution in [1.29, 1.82) is 0 Å². The van der Waals surface area contributed by atoms with Crippen LogP contribution in [0.2, 0.25) is 0 Å². The van der Waals surface area contributed by atoms with Gasteiger partial charge in [-0.25, -0.2) is 14.6 Å². The summed E-state index contributed by atoms with van der Waals surface area (Å²) in [6.07, 6.45) is 0. The normalized spacial score (nSPS) is 12.7. The molecule has 1 N–H and O–H groups in total. The lowest BCUT2D eigenvalue weighted by molar-refractivity contribution is -0.144. The number of carboxylic acids is 1. The monoisotopic (exact) mass is 490 g/mol. The van der Waals surface area contributed by atoms with Crippen molar-refractivity contribution in [2.24, 2.45) is 5.41 Å². The molecule has 0 saturated heterocycles. The number of ether oxygens (including phenoxy) is 1. The molecular weight excluding hydrogens is 468 g/mol. The fourth-order valence-corrected chi connectivity index (χ4v) is 5.13. The van der Waals surface area contributed by atoms with E-state index < -0.39 is 23.4 Å². The molecule has 3 aromatic rings. The SMILES string of the molecule is COC(=O)c1cccc(CSc2nc3ccccc3n2C(C(=O)O)C(C)(C)C)c1Br. The number of hydrogen-bond acceptors (Lipinski definition) is 5. The molecule has 158 valence electrons. The molecule has 1 unspecified atom stereocenters. The zero-order valence-electron chi connectivity index (χ0n) is 17.2. The summed E-state index contributed by atoms with van der Waals surface area (Å²) in [7, 11) is 1.34. The van der Waals surface area contributed by atoms with Gasteiger partial charge in [0.25, 0.3) is 0 Å². The number of carbonyl (C=O) groups is 2. The average Bonchev–Trinajstić information content (AvgIpc) is 3.03. The predicted molar refractivity (Wildman–Crippen MR) is 121 cm³/mol. The Labute approximate surface area is 187 Å². The molecule has 0 radical (unpaired) electrons. The first-order chi connectivity index (χ1) is 14.1. The minimum Gasteiger partial charge on any atom is -0.480 e. The molecule has 0 amide bonds. The zero-order chi connectivity index (χ0) is 22.1. The van der Waals surface area contributed by atoms with E-state index in [1.54, 1.807) is 16.7 Å². The van der Waals surface area contributed by atoms with Crippen molar-refractivity contribution in [3.05, 3.63) is 58.1 Å². The van der Waals surface area contributed by atoms with E-state index in [9.17, 15) is 14.7 Å². The maximum absolute atomic E-state index is 12.2. The summed E-state index contributed by atoms with van der Waals surface area (Å²) in [5, 5.41) is 10.6. The molecule has 1 aromatic heterocycles. The van der Waals surface area contributed by atoms with Crippen molar-refractivity contribution in [3.63, 3.8) is 0 Å². The van der Waals surface area contributed by atoms with Gasteiger partial charge >= 0.3 is 11.9 Å². The second kappa shape index (κ2) is 8.81. The molecule has 1 atom stereocenters. The van der Waals surface area contributed by atoms with Crippen LogP contribution in [0.3, 0.4) is 0 Å². The van der Waals surface area contributed by atoms with Crippen LogP contribution in [0, 0.1) is 5.41 Å². The number of halogens is 1. The van der Waals surface area contributed by atoms with Gasteiger partial charge < -0.3 is 14.4 Å². The second-order valence-corrected chi connectivity index (χ2v) is 9.65. The van der Waals surface area contributed by atoms with Crippen LogP contribution in [-0.2, 0) is 15.3 Å². The lowest BCUT2D eigenvalue weighted by Crippen LogP contribution is -2.31. The highest BCUT2D eigenvalue weighted by molar-refractivity contribution is 9.10. The lowest BCUT2D eigenvalue weighted by Gasteiger charge is -2.29. The summed E-state index contributed by atoms with van der Waals surface area (Å²) in [4.78, 5) is 28.9. The first-order valence-electron chi connectivity index (χ1n) is 9.33. The minimum atomic E-state index is -0.902. The standard InChI is InChI=1S/C22H23BrN2O4S/c1-22(2,3)18(19(26)27)25-16-11-6-5-10-15(16)24-21(25)30-12-13-8-7-9-14(17(13)23)20(28)29-4/h5-11,18H,12H2,1-4H3,(H,26,27). The Bertz CT molecular complexity index is 1100. The number of hydrogen-bond donors (Lipinski definition) is 1. The second-order valence-electron chi connectivity index (χ2n) is 7.92. The van der Waals surface area contributed by atoms with Crippen LogP contribution in [0.1, 0.15) is 42.7 Å². The maximum atomic E-state index is 12.2. The molecule has 0 spiro atoms. The lowest BCUT2D eigenvalue weighted by atomic mass is 9.86. The van der Waals surface area contributed by atoms with Gasteiger partial charge in [-0.05, 0) is 45.1 Å². The van der Waals surface area contributed by atoms with E-state index in [1.807, 2.05) is 51.1 Å². The van der Waals surface area contributed by atoms with Gasteiger partial charge in [0.2, 0.25) is 0 Å². The third-order valence-corrected chi connectivity index (χ3v) is 6.65. The molecule has 6 nitrogen and oxygen atoms in total. The molecule has 1 heterocycles. The van der Waals surface area contributed by atoms with E-state index >= 15 is 0 Å². The number of aromatic nitrogens is 2. The molecule has 0 aliphatic rings. The quantitative estimate of drug-likeness (QED) is 0.360. The minimum absolute atomic E-state index is 0.417. The Morgan fingerprint density at radius 1 is 1.20 bits per heavy atom. The van der Waals surface area contributed by atoms with Crippen LogP contribution in [0.25, 0.3) is 11.0 Å². The molecule has 8 heteroatoms. The molecule has 0 bridgehead atoms. The molecule has 0 saturated carbocycles. The Balaban J connectivity index is 2.04. The van der Waals surface area contributed by atoms with Gasteiger partial charge in [0.15, 0.2) is 5.16 Å². The number of rotatable bonds is 6. The van der Waals surface area contributed by atoms with Crippen molar-refractivity contribution in [2.45, 2.75) is 37.7 Å². The van der Waals surface area contributed by atoms with Gasteiger partial charge in [0.1, 0.15) is 6.04 Å². The molecule has 2 aromatic carbocycles. The summed E-state index contributed by atoms with van der Waals surface area (Å²) in [6, 6.07) is 12.2. The summed E-state index contributed by atoms with van der Waals surface area (Å²) in [6.45, 7) is 5.72. The zero-order valence-corrected chi connectivity index (χ0v) is 19.6. The highest BCUT2D eigenvalue weighted by Gasteiger charge is 2.35. The van der Waals surface area contributed by atoms with Crippen molar-refractivity contribution >= 4 is 50.7 Å². The molecule has 30 heavy (non-hydrogen) atoms. The number of para-hydroxylation sites is 2. The highest BCUT2D eigenvalue weighted by Crippen LogP contribution is 2.38. The number of methoxy groups -OCH3 is 1.